The highest BCUT2D eigenvalue weighted by atomic mass is 32.2. The Morgan fingerprint density at radius 1 is 1.30 bits per heavy atom. The minimum absolute atomic E-state index is 0.0931. The van der Waals surface area contributed by atoms with Crippen LogP contribution in [-0.4, -0.2) is 37.9 Å². The van der Waals surface area contributed by atoms with Crippen LogP contribution in [0.25, 0.3) is 16.7 Å². The van der Waals surface area contributed by atoms with E-state index in [0.29, 0.717) is 0 Å². The standard InChI is InChI=1S/C10H5N5O4S/c11-3-5-4-12-15-7-2-8(16)9(20(17,18)19)1-6(7)13-14-10(5)15/h1-2,4,16H,(H,17,18,19). The van der Waals surface area contributed by atoms with E-state index in [1.54, 1.807) is 0 Å². The number of phenols is 1. The Balaban J connectivity index is 2.46. The largest absolute Gasteiger partial charge is 0.506 e. The molecule has 2 heterocycles. The van der Waals surface area contributed by atoms with Crippen LogP contribution in [0.2, 0.25) is 0 Å². The van der Waals surface area contributed by atoms with Gasteiger partial charge < -0.3 is 5.11 Å². The zero-order chi connectivity index (χ0) is 14.5. The zero-order valence-electron chi connectivity index (χ0n) is 9.59. The number of aromatic nitrogens is 4. The summed E-state index contributed by atoms with van der Waals surface area (Å²) >= 11 is 0. The minimum Gasteiger partial charge on any atom is -0.506 e. The minimum atomic E-state index is -4.58. The monoisotopic (exact) mass is 291 g/mol. The van der Waals surface area contributed by atoms with Crippen molar-refractivity contribution in [3.05, 3.63) is 23.9 Å². The smallest absolute Gasteiger partial charge is 0.298 e. The molecular formula is C10H5N5O4S. The van der Waals surface area contributed by atoms with Crippen molar-refractivity contribution >= 4 is 26.8 Å². The van der Waals surface area contributed by atoms with Crippen LogP contribution in [0.1, 0.15) is 5.56 Å². The Morgan fingerprint density at radius 2 is 2.05 bits per heavy atom. The van der Waals surface area contributed by atoms with Crippen molar-refractivity contribution in [3.8, 4) is 11.8 Å². The number of nitrogens with zero attached hydrogens (tertiary/aromatic N) is 5. The van der Waals surface area contributed by atoms with Crippen molar-refractivity contribution in [2.45, 2.75) is 4.90 Å². The molecule has 0 aliphatic heterocycles. The Kier molecular flexibility index (Phi) is 2.37. The third kappa shape index (κ3) is 1.65. The Bertz CT molecular complexity index is 1000. The average Bonchev–Trinajstić information content (AvgIpc) is 2.80. The molecule has 2 aromatic heterocycles. The maximum absolute atomic E-state index is 11.1. The molecule has 2 N–H and O–H groups in total. The molecule has 3 rings (SSSR count). The van der Waals surface area contributed by atoms with Gasteiger partial charge in [0, 0.05) is 6.07 Å². The summed E-state index contributed by atoms with van der Waals surface area (Å²) in [4.78, 5) is -0.675. The third-order valence-corrected chi connectivity index (χ3v) is 3.56. The van der Waals surface area contributed by atoms with Gasteiger partial charge in [-0.3, -0.25) is 4.55 Å². The van der Waals surface area contributed by atoms with Gasteiger partial charge in [-0.1, -0.05) is 0 Å². The number of benzene rings is 1. The molecule has 0 aliphatic carbocycles. The number of fused-ring (bicyclic) bond motifs is 3. The summed E-state index contributed by atoms with van der Waals surface area (Å²) in [7, 11) is -4.58. The lowest BCUT2D eigenvalue weighted by atomic mass is 10.3. The van der Waals surface area contributed by atoms with Crippen molar-refractivity contribution in [1.82, 2.24) is 19.8 Å². The van der Waals surface area contributed by atoms with Crippen molar-refractivity contribution in [2.75, 3.05) is 0 Å². The van der Waals surface area contributed by atoms with Crippen LogP contribution in [0.15, 0.2) is 23.2 Å². The highest BCUT2D eigenvalue weighted by Gasteiger charge is 2.19. The summed E-state index contributed by atoms with van der Waals surface area (Å²) in [5, 5.41) is 30.0. The molecule has 20 heavy (non-hydrogen) atoms. The van der Waals surface area contributed by atoms with E-state index < -0.39 is 20.8 Å². The van der Waals surface area contributed by atoms with Crippen molar-refractivity contribution in [3.63, 3.8) is 0 Å². The van der Waals surface area contributed by atoms with E-state index in [1.165, 1.54) is 10.7 Å². The quantitative estimate of drug-likeness (QED) is 0.601. The third-order valence-electron chi connectivity index (χ3n) is 2.68. The van der Waals surface area contributed by atoms with E-state index in [2.05, 4.69) is 15.3 Å². The second-order valence-electron chi connectivity index (χ2n) is 3.89. The molecule has 0 radical (unpaired) electrons. The topological polar surface area (TPSA) is 141 Å². The highest BCUT2D eigenvalue weighted by molar-refractivity contribution is 7.86. The Morgan fingerprint density at radius 3 is 2.70 bits per heavy atom. The fourth-order valence-corrected chi connectivity index (χ4v) is 2.38. The summed E-state index contributed by atoms with van der Waals surface area (Å²) in [5.41, 5.74) is 0.716. The Hall–Kier alpha value is -2.77. The second kappa shape index (κ2) is 3.86. The lowest BCUT2D eigenvalue weighted by Crippen LogP contribution is -2.02. The summed E-state index contributed by atoms with van der Waals surface area (Å²) < 4.78 is 32.4. The van der Waals surface area contributed by atoms with Crippen molar-refractivity contribution in [1.29, 1.82) is 5.26 Å². The summed E-state index contributed by atoms with van der Waals surface area (Å²) in [6, 6.07) is 3.93. The van der Waals surface area contributed by atoms with E-state index in [-0.39, 0.29) is 22.2 Å². The molecule has 0 spiro atoms. The number of hydrogen-bond donors (Lipinski definition) is 2. The first-order valence-corrected chi connectivity index (χ1v) is 6.60. The van der Waals surface area contributed by atoms with Gasteiger partial charge in [0.15, 0.2) is 5.65 Å². The van der Waals surface area contributed by atoms with Crippen LogP contribution in [-0.2, 0) is 10.1 Å². The van der Waals surface area contributed by atoms with Crippen LogP contribution in [0.4, 0.5) is 0 Å². The number of rotatable bonds is 1. The van der Waals surface area contributed by atoms with Gasteiger partial charge in [-0.15, -0.1) is 10.2 Å². The molecule has 3 aromatic rings. The van der Waals surface area contributed by atoms with Crippen LogP contribution in [0.5, 0.6) is 5.75 Å². The van der Waals surface area contributed by atoms with Gasteiger partial charge in [0.25, 0.3) is 10.1 Å². The number of nitriles is 1. The van der Waals surface area contributed by atoms with E-state index in [9.17, 15) is 13.5 Å². The molecule has 0 aliphatic rings. The van der Waals surface area contributed by atoms with Crippen molar-refractivity contribution < 1.29 is 18.1 Å². The summed E-state index contributed by atoms with van der Waals surface area (Å²) in [5.74, 6) is -0.650. The van der Waals surface area contributed by atoms with Gasteiger partial charge in [0.05, 0.1) is 11.7 Å². The molecule has 0 unspecified atom stereocenters. The maximum Gasteiger partial charge on any atom is 0.298 e. The molecule has 100 valence electrons. The first kappa shape index (κ1) is 12.3. The molecule has 0 saturated heterocycles. The van der Waals surface area contributed by atoms with Gasteiger partial charge in [-0.2, -0.15) is 18.8 Å². The van der Waals surface area contributed by atoms with E-state index in [0.717, 1.165) is 12.1 Å². The van der Waals surface area contributed by atoms with E-state index >= 15 is 0 Å². The molecule has 0 bridgehead atoms. The fraction of sp³-hybridized carbons (Fsp3) is 0. The van der Waals surface area contributed by atoms with Gasteiger partial charge in [0.2, 0.25) is 0 Å². The van der Waals surface area contributed by atoms with Gasteiger partial charge in [-0.25, -0.2) is 4.52 Å². The first-order chi connectivity index (χ1) is 9.41. The molecule has 0 saturated carbocycles. The van der Waals surface area contributed by atoms with Crippen LogP contribution < -0.4 is 0 Å². The maximum atomic E-state index is 11.1. The lowest BCUT2D eigenvalue weighted by molar-refractivity contribution is 0.444. The summed E-state index contributed by atoms with van der Waals surface area (Å²) in [6.45, 7) is 0. The zero-order valence-corrected chi connectivity index (χ0v) is 10.4. The molecule has 10 heteroatoms. The lowest BCUT2D eigenvalue weighted by Gasteiger charge is -2.04. The molecule has 9 nitrogen and oxygen atoms in total. The van der Waals surface area contributed by atoms with Gasteiger partial charge >= 0.3 is 0 Å². The second-order valence-corrected chi connectivity index (χ2v) is 5.28. The molecule has 1 aromatic carbocycles. The van der Waals surface area contributed by atoms with Crippen LogP contribution in [0.3, 0.4) is 0 Å². The predicted molar refractivity (Wildman–Crippen MR) is 64.5 cm³/mol. The number of hydrogen-bond acceptors (Lipinski definition) is 7. The highest BCUT2D eigenvalue weighted by Crippen LogP contribution is 2.27. The van der Waals surface area contributed by atoms with Crippen LogP contribution >= 0.6 is 0 Å². The molecular weight excluding hydrogens is 286 g/mol. The number of phenolic OH excluding ortho intramolecular Hbond substituents is 1. The SMILES string of the molecule is N#Cc1cnn2c1nnc1cc(S(=O)(=O)O)c(O)cc12. The van der Waals surface area contributed by atoms with E-state index in [1.807, 2.05) is 6.07 Å². The first-order valence-electron chi connectivity index (χ1n) is 5.16. The summed E-state index contributed by atoms with van der Waals surface area (Å²) in [6.07, 6.45) is 1.27. The molecule has 0 amide bonds. The van der Waals surface area contributed by atoms with Crippen LogP contribution in [0, 0.1) is 11.3 Å². The fourth-order valence-electron chi connectivity index (χ4n) is 1.80. The predicted octanol–water partition coefficient (Wildman–Crippen LogP) is 0.101. The van der Waals surface area contributed by atoms with Gasteiger partial charge in [-0.05, 0) is 6.07 Å². The number of aromatic hydroxyl groups is 1. The molecule has 0 fully saturated rings. The van der Waals surface area contributed by atoms with E-state index in [4.69, 9.17) is 9.81 Å². The average molecular weight is 291 g/mol. The Labute approximate surface area is 111 Å². The molecule has 0 atom stereocenters. The normalized spacial score (nSPS) is 11.8. The van der Waals surface area contributed by atoms with Gasteiger partial charge in [0.1, 0.15) is 27.8 Å². The van der Waals surface area contributed by atoms with Crippen molar-refractivity contribution in [2.24, 2.45) is 0 Å².